The molecule has 0 heterocycles. The van der Waals surface area contributed by atoms with E-state index < -0.39 is 35.3 Å². The summed E-state index contributed by atoms with van der Waals surface area (Å²) in [5.41, 5.74) is -1.42. The van der Waals surface area contributed by atoms with Crippen molar-refractivity contribution >= 4 is 46.4 Å². The van der Waals surface area contributed by atoms with Gasteiger partial charge in [-0.1, -0.05) is 25.4 Å². The van der Waals surface area contributed by atoms with Crippen LogP contribution in [0.2, 0.25) is 5.02 Å². The van der Waals surface area contributed by atoms with Crippen molar-refractivity contribution in [2.24, 2.45) is 5.92 Å². The average molecular weight is 479 g/mol. The predicted molar refractivity (Wildman–Crippen MR) is 113 cm³/mol. The molecule has 0 bridgehead atoms. The van der Waals surface area contributed by atoms with E-state index in [2.05, 4.69) is 5.32 Å². The summed E-state index contributed by atoms with van der Waals surface area (Å²) in [6, 6.07) is 6.03. The molecule has 0 aliphatic heterocycles. The van der Waals surface area contributed by atoms with Crippen LogP contribution in [0.1, 0.15) is 36.2 Å². The van der Waals surface area contributed by atoms with Crippen molar-refractivity contribution in [1.29, 1.82) is 0 Å². The zero-order chi connectivity index (χ0) is 23.3. The zero-order valence-corrected chi connectivity index (χ0v) is 18.2. The van der Waals surface area contributed by atoms with Gasteiger partial charge in [-0.25, -0.2) is 4.39 Å². The lowest BCUT2D eigenvalue weighted by Gasteiger charge is -2.24. The number of hydrogen-bond donors (Lipinski definition) is 1. The van der Waals surface area contributed by atoms with E-state index in [9.17, 15) is 27.2 Å². The van der Waals surface area contributed by atoms with Crippen LogP contribution in [0.4, 0.5) is 28.9 Å². The van der Waals surface area contributed by atoms with Gasteiger partial charge in [0.15, 0.2) is 0 Å². The smallest absolute Gasteiger partial charge is 0.322 e. The molecule has 0 spiro atoms. The molecule has 2 aromatic carbocycles. The van der Waals surface area contributed by atoms with E-state index in [1.807, 2.05) is 13.8 Å². The number of anilines is 2. The minimum absolute atomic E-state index is 0.0941. The number of amides is 2. The van der Waals surface area contributed by atoms with Crippen LogP contribution in [-0.4, -0.2) is 24.2 Å². The van der Waals surface area contributed by atoms with Crippen molar-refractivity contribution in [2.75, 3.05) is 22.6 Å². The molecule has 0 aromatic heterocycles. The Morgan fingerprint density at radius 1 is 1.13 bits per heavy atom. The summed E-state index contributed by atoms with van der Waals surface area (Å²) in [6.45, 7) is 3.95. The van der Waals surface area contributed by atoms with Gasteiger partial charge in [-0.2, -0.15) is 13.2 Å². The van der Waals surface area contributed by atoms with E-state index in [4.69, 9.17) is 23.2 Å². The van der Waals surface area contributed by atoms with Crippen molar-refractivity contribution in [3.8, 4) is 0 Å². The van der Waals surface area contributed by atoms with E-state index >= 15 is 0 Å². The summed E-state index contributed by atoms with van der Waals surface area (Å²) in [5, 5.41) is 2.12. The summed E-state index contributed by atoms with van der Waals surface area (Å²) >= 11 is 11.3. The Balaban J connectivity index is 2.47. The molecule has 0 saturated carbocycles. The second-order valence-corrected chi connectivity index (χ2v) is 7.89. The Morgan fingerprint density at radius 2 is 1.81 bits per heavy atom. The molecule has 4 nitrogen and oxygen atoms in total. The van der Waals surface area contributed by atoms with Crippen molar-refractivity contribution in [1.82, 2.24) is 0 Å². The maximum atomic E-state index is 13.5. The molecule has 2 amide bonds. The van der Waals surface area contributed by atoms with Crippen LogP contribution in [0.25, 0.3) is 0 Å². The SMILES string of the molecule is CC(C)CCN(C(=O)CCl)c1cc(C(=O)Nc2ccc(F)c(Cl)c2)cc(C(F)(F)F)c1. The van der Waals surface area contributed by atoms with Gasteiger partial charge in [0.25, 0.3) is 5.91 Å². The molecule has 168 valence electrons. The van der Waals surface area contributed by atoms with E-state index in [0.29, 0.717) is 12.5 Å². The summed E-state index contributed by atoms with van der Waals surface area (Å²) in [7, 11) is 0. The summed E-state index contributed by atoms with van der Waals surface area (Å²) < 4.78 is 53.7. The number of nitrogens with one attached hydrogen (secondary N) is 1. The molecule has 0 aliphatic rings. The van der Waals surface area contributed by atoms with Crippen LogP contribution in [0.5, 0.6) is 0 Å². The number of halogens is 6. The summed E-state index contributed by atoms with van der Waals surface area (Å²) in [6.07, 6.45) is -4.23. The molecule has 0 unspecified atom stereocenters. The van der Waals surface area contributed by atoms with E-state index in [0.717, 1.165) is 23.1 Å². The molecule has 10 heteroatoms. The molecule has 0 fully saturated rings. The third-order valence-corrected chi connectivity index (χ3v) is 4.86. The Bertz CT molecular complexity index is 965. The second kappa shape index (κ2) is 10.3. The number of nitrogens with zero attached hydrogens (tertiary/aromatic N) is 1. The molecule has 31 heavy (non-hydrogen) atoms. The zero-order valence-electron chi connectivity index (χ0n) is 16.7. The highest BCUT2D eigenvalue weighted by Gasteiger charge is 2.33. The first-order chi connectivity index (χ1) is 14.4. The molecule has 2 rings (SSSR count). The fourth-order valence-corrected chi connectivity index (χ4v) is 3.02. The van der Waals surface area contributed by atoms with Gasteiger partial charge in [-0.3, -0.25) is 9.59 Å². The van der Waals surface area contributed by atoms with E-state index in [1.165, 1.54) is 12.1 Å². The quantitative estimate of drug-likeness (QED) is 0.371. The lowest BCUT2D eigenvalue weighted by molar-refractivity contribution is -0.137. The second-order valence-electron chi connectivity index (χ2n) is 7.21. The molecular formula is C21H20Cl2F4N2O2. The van der Waals surface area contributed by atoms with Crippen LogP contribution < -0.4 is 10.2 Å². The van der Waals surface area contributed by atoms with Gasteiger partial charge in [0.05, 0.1) is 10.6 Å². The molecular weight excluding hydrogens is 459 g/mol. The molecule has 0 atom stereocenters. The van der Waals surface area contributed by atoms with Gasteiger partial charge in [0.1, 0.15) is 11.7 Å². The van der Waals surface area contributed by atoms with Crippen molar-refractivity contribution in [2.45, 2.75) is 26.4 Å². The number of carbonyl (C=O) groups excluding carboxylic acids is 2. The van der Waals surface area contributed by atoms with Gasteiger partial charge >= 0.3 is 6.18 Å². The van der Waals surface area contributed by atoms with Crippen LogP contribution in [0.15, 0.2) is 36.4 Å². The first kappa shape index (κ1) is 24.9. The minimum atomic E-state index is -4.75. The van der Waals surface area contributed by atoms with Crippen molar-refractivity contribution < 1.29 is 27.2 Å². The number of carbonyl (C=O) groups is 2. The number of hydrogen-bond acceptors (Lipinski definition) is 2. The lowest BCUT2D eigenvalue weighted by atomic mass is 10.1. The third-order valence-electron chi connectivity index (χ3n) is 4.34. The van der Waals surface area contributed by atoms with Gasteiger partial charge in [0.2, 0.25) is 5.91 Å². The predicted octanol–water partition coefficient (Wildman–Crippen LogP) is 6.37. The van der Waals surface area contributed by atoms with Crippen LogP contribution in [0.3, 0.4) is 0 Å². The standard InChI is InChI=1S/C21H20Cl2F4N2O2/c1-12(2)5-6-29(19(30)11-22)16-8-13(7-14(9-16)21(25,26)27)20(31)28-15-3-4-18(24)17(23)10-15/h3-4,7-10,12H,5-6,11H2,1-2H3,(H,28,31). The number of alkyl halides is 4. The van der Waals surface area contributed by atoms with Gasteiger partial charge < -0.3 is 10.2 Å². The first-order valence-electron chi connectivity index (χ1n) is 9.27. The topological polar surface area (TPSA) is 49.4 Å². The minimum Gasteiger partial charge on any atom is -0.322 e. The lowest BCUT2D eigenvalue weighted by Crippen LogP contribution is -2.34. The molecule has 2 aromatic rings. The fraction of sp³-hybridized carbons (Fsp3) is 0.333. The number of rotatable bonds is 7. The van der Waals surface area contributed by atoms with Gasteiger partial charge in [0, 0.05) is 23.5 Å². The normalized spacial score (nSPS) is 11.5. The van der Waals surface area contributed by atoms with Crippen LogP contribution in [-0.2, 0) is 11.0 Å². The monoisotopic (exact) mass is 478 g/mol. The Labute approximate surface area is 187 Å². The number of benzene rings is 2. The van der Waals surface area contributed by atoms with Crippen LogP contribution >= 0.6 is 23.2 Å². The highest BCUT2D eigenvalue weighted by Crippen LogP contribution is 2.34. The fourth-order valence-electron chi connectivity index (χ4n) is 2.70. The average Bonchev–Trinajstić information content (AvgIpc) is 2.69. The highest BCUT2D eigenvalue weighted by molar-refractivity contribution is 6.31. The summed E-state index contributed by atoms with van der Waals surface area (Å²) in [4.78, 5) is 26.0. The first-order valence-corrected chi connectivity index (χ1v) is 10.2. The largest absolute Gasteiger partial charge is 0.416 e. The van der Waals surface area contributed by atoms with Crippen LogP contribution in [0, 0.1) is 11.7 Å². The van der Waals surface area contributed by atoms with Gasteiger partial charge in [-0.15, -0.1) is 11.6 Å². The Hall–Kier alpha value is -2.32. The maximum absolute atomic E-state index is 13.5. The highest BCUT2D eigenvalue weighted by atomic mass is 35.5. The molecule has 0 aliphatic carbocycles. The maximum Gasteiger partial charge on any atom is 0.416 e. The third kappa shape index (κ3) is 6.83. The summed E-state index contributed by atoms with van der Waals surface area (Å²) in [5.74, 6) is -2.41. The molecule has 0 saturated heterocycles. The van der Waals surface area contributed by atoms with Gasteiger partial charge in [-0.05, 0) is 48.7 Å². The van der Waals surface area contributed by atoms with Crippen molar-refractivity contribution in [3.05, 3.63) is 58.4 Å². The Kier molecular flexibility index (Phi) is 8.31. The van der Waals surface area contributed by atoms with Crippen molar-refractivity contribution in [3.63, 3.8) is 0 Å². The molecule has 0 radical (unpaired) electrons. The molecule has 1 N–H and O–H groups in total. The Morgan fingerprint density at radius 3 is 2.35 bits per heavy atom. The van der Waals surface area contributed by atoms with E-state index in [1.54, 1.807) is 0 Å². The van der Waals surface area contributed by atoms with E-state index in [-0.39, 0.29) is 34.4 Å².